The molecule has 0 aliphatic carbocycles. The van der Waals surface area contributed by atoms with E-state index >= 15 is 0 Å². The van der Waals surface area contributed by atoms with Gasteiger partial charge in [-0.3, -0.25) is 33.6 Å². The number of ether oxygens (including phenoxy) is 10. The molecule has 2 aliphatic rings. The van der Waals surface area contributed by atoms with Gasteiger partial charge in [0, 0.05) is 12.0 Å². The van der Waals surface area contributed by atoms with Gasteiger partial charge < -0.3 is 63.7 Å². The summed E-state index contributed by atoms with van der Waals surface area (Å²) < 4.78 is 62.8. The van der Waals surface area contributed by atoms with E-state index in [2.05, 4.69) is 10.6 Å². The van der Waals surface area contributed by atoms with E-state index in [1.165, 1.54) is 48.5 Å². The van der Waals surface area contributed by atoms with E-state index in [0.29, 0.717) is 0 Å². The Labute approximate surface area is 511 Å². The predicted octanol–water partition coefficient (Wildman–Crippen LogP) is 6.77. The molecule has 6 rings (SSSR count). The summed E-state index contributed by atoms with van der Waals surface area (Å²) in [6.07, 6.45) is -19.0. The summed E-state index contributed by atoms with van der Waals surface area (Å²) in [4.78, 5) is 139. The first kappa shape index (κ1) is 68.6. The number of carbonyl (C=O) groups is 10. The SMILES string of the molecule is CC(C)(C)C(=O)OC[C@H]1O[C@@H](OC[C@H]2O[C@@H](NC(=O)CC[C@H](NC(=O)c3ccccc3)C(N)=O)[C@H](OC(=O)c3ccccc3)[C@@H](OC(=O)c3ccccc3)[C@H]2OC(=O)c2ccccc2)[C@H](OC(=O)C(C)(C)C)[C@@H](OC(=O)C(C)(C)C)[C@H]1OC(=O)C(C)(C)C. The molecule has 0 aromatic heterocycles. The molecule has 0 unspecified atom stereocenters. The average Bonchev–Trinajstić information content (AvgIpc) is 0.889. The molecule has 23 nitrogen and oxygen atoms in total. The van der Waals surface area contributed by atoms with Crippen molar-refractivity contribution < 1.29 is 95.3 Å². The molecular weight excluding hydrogens is 1140 g/mol. The normalized spacial score (nSPS) is 22.5. The molecule has 2 fully saturated rings. The topological polar surface area (TPSA) is 313 Å². The second-order valence-electron chi connectivity index (χ2n) is 25.3. The van der Waals surface area contributed by atoms with Gasteiger partial charge in [0.05, 0.1) is 45.0 Å². The number of nitrogens with two attached hydrogens (primary N) is 1. The minimum absolute atomic E-state index is 0.0105. The van der Waals surface area contributed by atoms with Crippen LogP contribution >= 0.6 is 0 Å². The predicted molar refractivity (Wildman–Crippen MR) is 313 cm³/mol. The molecule has 2 heterocycles. The van der Waals surface area contributed by atoms with Crippen molar-refractivity contribution in [1.29, 1.82) is 0 Å². The number of rotatable bonds is 21. The number of benzene rings is 4. The summed E-state index contributed by atoms with van der Waals surface area (Å²) in [6.45, 7) is 17.2. The first-order chi connectivity index (χ1) is 41.2. The smallest absolute Gasteiger partial charge is 0.338 e. The highest BCUT2D eigenvalue weighted by Crippen LogP contribution is 2.37. The Morgan fingerprint density at radius 1 is 0.443 bits per heavy atom. The summed E-state index contributed by atoms with van der Waals surface area (Å²) in [5, 5.41) is 5.18. The van der Waals surface area contributed by atoms with Crippen LogP contribution in [0.25, 0.3) is 0 Å². The van der Waals surface area contributed by atoms with Crippen LogP contribution < -0.4 is 16.4 Å². The monoisotopic (exact) mass is 1220 g/mol. The molecule has 0 saturated carbocycles. The first-order valence-electron chi connectivity index (χ1n) is 28.7. The second-order valence-corrected chi connectivity index (χ2v) is 25.3. The summed E-state index contributed by atoms with van der Waals surface area (Å²) >= 11 is 0. The fourth-order valence-electron chi connectivity index (χ4n) is 8.50. The number of carbonyl (C=O) groups excluding carboxylic acids is 10. The van der Waals surface area contributed by atoms with Gasteiger partial charge in [-0.05, 0) is 138 Å². The molecule has 474 valence electrons. The van der Waals surface area contributed by atoms with Gasteiger partial charge in [-0.1, -0.05) is 72.8 Å². The number of primary amides is 1. The maximum atomic E-state index is 14.5. The van der Waals surface area contributed by atoms with E-state index in [4.69, 9.17) is 53.1 Å². The lowest BCUT2D eigenvalue weighted by Crippen LogP contribution is -2.67. The van der Waals surface area contributed by atoms with E-state index in [9.17, 15) is 47.9 Å². The van der Waals surface area contributed by atoms with Crippen LogP contribution in [0.15, 0.2) is 121 Å². The fourth-order valence-corrected chi connectivity index (χ4v) is 8.50. The van der Waals surface area contributed by atoms with Crippen LogP contribution in [-0.2, 0) is 76.1 Å². The minimum atomic E-state index is -1.93. The Hall–Kier alpha value is -8.54. The third kappa shape index (κ3) is 19.0. The largest absolute Gasteiger partial charge is 0.462 e. The Kier molecular flexibility index (Phi) is 22.9. The lowest BCUT2D eigenvalue weighted by molar-refractivity contribution is -0.322. The fraction of sp³-hybridized carbons (Fsp3) is 0.477. The highest BCUT2D eigenvalue weighted by atomic mass is 16.7. The van der Waals surface area contributed by atoms with Crippen LogP contribution in [0.2, 0.25) is 0 Å². The van der Waals surface area contributed by atoms with Crippen molar-refractivity contribution in [3.05, 3.63) is 144 Å². The zero-order valence-corrected chi connectivity index (χ0v) is 51.5. The van der Waals surface area contributed by atoms with Crippen LogP contribution in [0, 0.1) is 21.7 Å². The Morgan fingerprint density at radius 3 is 1.24 bits per heavy atom. The summed E-state index contributed by atoms with van der Waals surface area (Å²) in [5.74, 6) is -8.89. The lowest BCUT2D eigenvalue weighted by atomic mass is 9.93. The van der Waals surface area contributed by atoms with E-state index in [-0.39, 0.29) is 28.7 Å². The number of hydrogen-bond donors (Lipinski definition) is 3. The van der Waals surface area contributed by atoms with E-state index in [0.717, 1.165) is 0 Å². The van der Waals surface area contributed by atoms with Crippen molar-refractivity contribution in [1.82, 2.24) is 10.6 Å². The van der Waals surface area contributed by atoms with Gasteiger partial charge in [-0.15, -0.1) is 0 Å². The maximum absolute atomic E-state index is 14.5. The number of hydrogen-bond acceptors (Lipinski definition) is 20. The van der Waals surface area contributed by atoms with Crippen molar-refractivity contribution in [3.63, 3.8) is 0 Å². The van der Waals surface area contributed by atoms with Crippen molar-refractivity contribution in [2.45, 2.75) is 163 Å². The molecule has 88 heavy (non-hydrogen) atoms. The van der Waals surface area contributed by atoms with Crippen molar-refractivity contribution >= 4 is 59.5 Å². The van der Waals surface area contributed by atoms with Crippen LogP contribution in [0.4, 0.5) is 0 Å². The third-order valence-electron chi connectivity index (χ3n) is 13.6. The minimum Gasteiger partial charge on any atom is -0.462 e. The van der Waals surface area contributed by atoms with Crippen molar-refractivity contribution in [2.75, 3.05) is 13.2 Å². The molecule has 4 aromatic rings. The maximum Gasteiger partial charge on any atom is 0.338 e. The second kappa shape index (κ2) is 29.4. The van der Waals surface area contributed by atoms with E-state index < -0.39 is 168 Å². The number of amides is 3. The van der Waals surface area contributed by atoms with E-state index in [1.54, 1.807) is 156 Å². The molecular formula is C65H79N3O20. The van der Waals surface area contributed by atoms with Crippen LogP contribution in [0.1, 0.15) is 137 Å². The van der Waals surface area contributed by atoms with Crippen molar-refractivity contribution in [3.8, 4) is 0 Å². The molecule has 2 aliphatic heterocycles. The average molecular weight is 1220 g/mol. The Balaban J connectivity index is 1.51. The quantitative estimate of drug-likeness (QED) is 0.0572. The summed E-state index contributed by atoms with van der Waals surface area (Å²) in [6, 6.07) is 29.3. The van der Waals surface area contributed by atoms with Gasteiger partial charge in [0.1, 0.15) is 24.9 Å². The Morgan fingerprint density at radius 2 is 0.807 bits per heavy atom. The molecule has 0 bridgehead atoms. The molecule has 11 atom stereocenters. The zero-order valence-electron chi connectivity index (χ0n) is 51.5. The summed E-state index contributed by atoms with van der Waals surface area (Å²) in [5.41, 5.74) is 1.11. The standard InChI is InChI=1S/C65H79N3O20/c1-62(2,3)58(75)80-36-43-46(86-59(76)63(4,5)6)48(87-60(77)64(7,8)9)50(88-61(78)65(10,11)12)57(82-43)79-35-42-45(83-54(72)38-27-19-14-20-28-38)47(84-55(73)39-29-21-15-22-30-39)49(85-56(74)40-31-23-16-24-32-40)53(81-42)68-44(69)34-33-41(51(66)70)67-52(71)37-25-17-13-18-26-37/h13-32,41-43,45-50,53,57H,33-36H2,1-12H3,(H2,66,70)(H,67,71)(H,68,69)/t41-,42+,43+,45-,46-,47-,48-,49+,50+,53+,57+/m0/s1. The van der Waals surface area contributed by atoms with Crippen LogP contribution in [0.5, 0.6) is 0 Å². The van der Waals surface area contributed by atoms with Gasteiger partial charge in [-0.2, -0.15) is 0 Å². The van der Waals surface area contributed by atoms with Gasteiger partial charge >= 0.3 is 41.8 Å². The molecule has 2 saturated heterocycles. The van der Waals surface area contributed by atoms with Gasteiger partial charge in [0.25, 0.3) is 5.91 Å². The zero-order chi connectivity index (χ0) is 64.9. The van der Waals surface area contributed by atoms with Crippen LogP contribution in [0.3, 0.4) is 0 Å². The molecule has 23 heteroatoms. The molecule has 3 amide bonds. The lowest BCUT2D eigenvalue weighted by Gasteiger charge is -2.47. The van der Waals surface area contributed by atoms with Gasteiger partial charge in [-0.25, -0.2) is 14.4 Å². The first-order valence-corrected chi connectivity index (χ1v) is 28.7. The number of esters is 7. The van der Waals surface area contributed by atoms with Gasteiger partial charge in [0.15, 0.2) is 49.1 Å². The molecule has 0 spiro atoms. The molecule has 0 radical (unpaired) electrons. The Bertz CT molecular complexity index is 3100. The highest BCUT2D eigenvalue weighted by Gasteiger charge is 2.58. The summed E-state index contributed by atoms with van der Waals surface area (Å²) in [7, 11) is 0. The molecule has 4 N–H and O–H groups in total. The van der Waals surface area contributed by atoms with Crippen LogP contribution in [-0.4, -0.2) is 140 Å². The van der Waals surface area contributed by atoms with E-state index in [1.807, 2.05) is 0 Å². The van der Waals surface area contributed by atoms with Crippen molar-refractivity contribution in [2.24, 2.45) is 27.4 Å². The molecule has 4 aromatic carbocycles. The number of nitrogens with one attached hydrogen (secondary N) is 2. The third-order valence-corrected chi connectivity index (χ3v) is 13.6. The highest BCUT2D eigenvalue weighted by molar-refractivity contribution is 5.97. The van der Waals surface area contributed by atoms with Gasteiger partial charge in [0.2, 0.25) is 11.8 Å².